The highest BCUT2D eigenvalue weighted by molar-refractivity contribution is 5.97. The summed E-state index contributed by atoms with van der Waals surface area (Å²) < 4.78 is 9.80. The van der Waals surface area contributed by atoms with Crippen LogP contribution in [0.2, 0.25) is 0 Å². The number of amides is 2. The normalized spacial score (nSPS) is 11.5. The van der Waals surface area contributed by atoms with E-state index in [-0.39, 0.29) is 12.4 Å². The van der Waals surface area contributed by atoms with Gasteiger partial charge in [-0.1, -0.05) is 22.9 Å². The first-order chi connectivity index (χ1) is 11.8. The fraction of sp³-hybridized carbons (Fsp3) is 0.294. The van der Waals surface area contributed by atoms with Gasteiger partial charge in [0.1, 0.15) is 12.3 Å². The SMILES string of the molecule is Cc1cccc(C(=O)NCC(=O)OC(C)C(=O)Nc2cc(C)on2)c1. The van der Waals surface area contributed by atoms with E-state index in [2.05, 4.69) is 15.8 Å². The van der Waals surface area contributed by atoms with Crippen molar-refractivity contribution in [3.8, 4) is 0 Å². The fourth-order valence-corrected chi connectivity index (χ4v) is 1.99. The van der Waals surface area contributed by atoms with Crippen molar-refractivity contribution in [3.63, 3.8) is 0 Å². The number of esters is 1. The van der Waals surface area contributed by atoms with E-state index in [1.54, 1.807) is 25.1 Å². The zero-order valence-electron chi connectivity index (χ0n) is 14.2. The van der Waals surface area contributed by atoms with Crippen LogP contribution in [-0.2, 0) is 14.3 Å². The molecule has 2 rings (SSSR count). The first-order valence-electron chi connectivity index (χ1n) is 7.63. The van der Waals surface area contributed by atoms with Crippen LogP contribution in [-0.4, -0.2) is 35.6 Å². The summed E-state index contributed by atoms with van der Waals surface area (Å²) in [6, 6.07) is 8.50. The molecular formula is C17H19N3O5. The maximum Gasteiger partial charge on any atom is 0.326 e. The van der Waals surface area contributed by atoms with Gasteiger partial charge in [0, 0.05) is 11.6 Å². The van der Waals surface area contributed by atoms with Crippen molar-refractivity contribution in [2.75, 3.05) is 11.9 Å². The van der Waals surface area contributed by atoms with Crippen LogP contribution in [0.3, 0.4) is 0 Å². The number of carbonyl (C=O) groups is 3. The number of aryl methyl sites for hydroxylation is 2. The Labute approximate surface area is 144 Å². The summed E-state index contributed by atoms with van der Waals surface area (Å²) in [5.74, 6) is -0.889. The number of rotatable bonds is 6. The number of nitrogens with one attached hydrogen (secondary N) is 2. The second-order valence-electron chi connectivity index (χ2n) is 5.50. The third-order valence-corrected chi connectivity index (χ3v) is 3.23. The summed E-state index contributed by atoms with van der Waals surface area (Å²) in [5.41, 5.74) is 1.38. The average molecular weight is 345 g/mol. The first-order valence-corrected chi connectivity index (χ1v) is 7.63. The minimum atomic E-state index is -1.04. The molecule has 1 aromatic heterocycles. The maximum absolute atomic E-state index is 11.9. The molecule has 1 atom stereocenters. The minimum Gasteiger partial charge on any atom is -0.451 e. The molecule has 1 aromatic carbocycles. The van der Waals surface area contributed by atoms with Gasteiger partial charge in [0.25, 0.3) is 11.8 Å². The molecule has 8 heteroatoms. The lowest BCUT2D eigenvalue weighted by atomic mass is 10.1. The van der Waals surface area contributed by atoms with E-state index in [0.29, 0.717) is 11.3 Å². The van der Waals surface area contributed by atoms with E-state index in [4.69, 9.17) is 9.26 Å². The number of aromatic nitrogens is 1. The molecule has 2 amide bonds. The third kappa shape index (κ3) is 5.45. The number of hydrogen-bond acceptors (Lipinski definition) is 6. The van der Waals surface area contributed by atoms with Gasteiger partial charge in [-0.15, -0.1) is 0 Å². The summed E-state index contributed by atoms with van der Waals surface area (Å²) >= 11 is 0. The molecule has 0 bridgehead atoms. The largest absolute Gasteiger partial charge is 0.451 e. The highest BCUT2D eigenvalue weighted by Crippen LogP contribution is 2.08. The lowest BCUT2D eigenvalue weighted by molar-refractivity contribution is -0.152. The second-order valence-corrected chi connectivity index (χ2v) is 5.50. The summed E-state index contributed by atoms with van der Waals surface area (Å²) in [6.07, 6.45) is -1.04. The lowest BCUT2D eigenvalue weighted by Gasteiger charge is -2.12. The predicted octanol–water partition coefficient (Wildman–Crippen LogP) is 1.59. The van der Waals surface area contributed by atoms with Gasteiger partial charge in [-0.05, 0) is 32.9 Å². The maximum atomic E-state index is 11.9. The van der Waals surface area contributed by atoms with Gasteiger partial charge >= 0.3 is 5.97 Å². The van der Waals surface area contributed by atoms with Gasteiger partial charge in [-0.25, -0.2) is 0 Å². The molecule has 0 aliphatic heterocycles. The average Bonchev–Trinajstić information content (AvgIpc) is 2.97. The van der Waals surface area contributed by atoms with E-state index >= 15 is 0 Å². The summed E-state index contributed by atoms with van der Waals surface area (Å²) in [7, 11) is 0. The lowest BCUT2D eigenvalue weighted by Crippen LogP contribution is -2.35. The van der Waals surface area contributed by atoms with E-state index < -0.39 is 23.9 Å². The Bertz CT molecular complexity index is 784. The molecule has 0 radical (unpaired) electrons. The molecule has 2 N–H and O–H groups in total. The molecule has 0 aliphatic rings. The van der Waals surface area contributed by atoms with Crippen LogP contribution in [0.5, 0.6) is 0 Å². The molecule has 0 spiro atoms. The molecule has 25 heavy (non-hydrogen) atoms. The monoisotopic (exact) mass is 345 g/mol. The van der Waals surface area contributed by atoms with Crippen molar-refractivity contribution in [2.24, 2.45) is 0 Å². The Morgan fingerprint density at radius 1 is 1.24 bits per heavy atom. The van der Waals surface area contributed by atoms with Crippen LogP contribution in [0.15, 0.2) is 34.9 Å². The van der Waals surface area contributed by atoms with Gasteiger partial charge in [-0.3, -0.25) is 14.4 Å². The molecule has 0 saturated carbocycles. The number of ether oxygens (including phenoxy) is 1. The molecule has 2 aromatic rings. The van der Waals surface area contributed by atoms with Crippen LogP contribution in [0.25, 0.3) is 0 Å². The molecule has 1 unspecified atom stereocenters. The standard InChI is InChI=1S/C17H19N3O5/c1-10-5-4-6-13(7-10)17(23)18-9-15(21)24-12(3)16(22)19-14-8-11(2)25-20-14/h4-8,12H,9H2,1-3H3,(H,18,23)(H,19,20,22). The van der Waals surface area contributed by atoms with Crippen molar-refractivity contribution in [2.45, 2.75) is 26.9 Å². The van der Waals surface area contributed by atoms with Crippen LogP contribution in [0, 0.1) is 13.8 Å². The Balaban J connectivity index is 1.79. The Hall–Kier alpha value is -3.16. The molecule has 0 saturated heterocycles. The number of anilines is 1. The molecule has 8 nitrogen and oxygen atoms in total. The smallest absolute Gasteiger partial charge is 0.326 e. The number of benzene rings is 1. The Kier molecular flexibility index (Phi) is 5.89. The van der Waals surface area contributed by atoms with Crippen LogP contribution in [0.4, 0.5) is 5.82 Å². The van der Waals surface area contributed by atoms with E-state index in [0.717, 1.165) is 5.56 Å². The highest BCUT2D eigenvalue weighted by Gasteiger charge is 2.19. The second kappa shape index (κ2) is 8.09. The van der Waals surface area contributed by atoms with Crippen molar-refractivity contribution in [1.82, 2.24) is 10.5 Å². The zero-order chi connectivity index (χ0) is 18.4. The summed E-state index contributed by atoms with van der Waals surface area (Å²) in [4.78, 5) is 35.6. The van der Waals surface area contributed by atoms with Gasteiger partial charge in [0.15, 0.2) is 11.9 Å². The van der Waals surface area contributed by atoms with Crippen molar-refractivity contribution in [3.05, 3.63) is 47.2 Å². The Morgan fingerprint density at radius 2 is 2.00 bits per heavy atom. The van der Waals surface area contributed by atoms with Crippen molar-refractivity contribution < 1.29 is 23.6 Å². The van der Waals surface area contributed by atoms with Gasteiger partial charge < -0.3 is 19.9 Å². The van der Waals surface area contributed by atoms with Gasteiger partial charge in [-0.2, -0.15) is 0 Å². The van der Waals surface area contributed by atoms with E-state index in [1.165, 1.54) is 13.0 Å². The van der Waals surface area contributed by atoms with Crippen LogP contribution < -0.4 is 10.6 Å². The first kappa shape index (κ1) is 18.2. The molecular weight excluding hydrogens is 326 g/mol. The molecule has 1 heterocycles. The van der Waals surface area contributed by atoms with Gasteiger partial charge in [0.2, 0.25) is 0 Å². The zero-order valence-corrected chi connectivity index (χ0v) is 14.2. The number of nitrogens with zero attached hydrogens (tertiary/aromatic N) is 1. The number of hydrogen-bond donors (Lipinski definition) is 2. The molecule has 0 aliphatic carbocycles. The quantitative estimate of drug-likeness (QED) is 0.769. The van der Waals surface area contributed by atoms with Gasteiger partial charge in [0.05, 0.1) is 0 Å². The predicted molar refractivity (Wildman–Crippen MR) is 88.9 cm³/mol. The third-order valence-electron chi connectivity index (χ3n) is 3.23. The number of carbonyl (C=O) groups excluding carboxylic acids is 3. The van der Waals surface area contributed by atoms with E-state index in [1.807, 2.05) is 13.0 Å². The molecule has 0 fully saturated rings. The fourth-order valence-electron chi connectivity index (χ4n) is 1.99. The van der Waals surface area contributed by atoms with Crippen molar-refractivity contribution in [1.29, 1.82) is 0 Å². The van der Waals surface area contributed by atoms with Crippen molar-refractivity contribution >= 4 is 23.6 Å². The topological polar surface area (TPSA) is 111 Å². The minimum absolute atomic E-state index is 0.234. The van der Waals surface area contributed by atoms with E-state index in [9.17, 15) is 14.4 Å². The summed E-state index contributed by atoms with van der Waals surface area (Å²) in [6.45, 7) is 4.63. The Morgan fingerprint density at radius 3 is 2.64 bits per heavy atom. The summed E-state index contributed by atoms with van der Waals surface area (Å²) in [5, 5.41) is 8.52. The van der Waals surface area contributed by atoms with Crippen LogP contribution in [0.1, 0.15) is 28.6 Å². The highest BCUT2D eigenvalue weighted by atomic mass is 16.5. The van der Waals surface area contributed by atoms with Crippen LogP contribution >= 0.6 is 0 Å². The molecule has 132 valence electrons.